The summed E-state index contributed by atoms with van der Waals surface area (Å²) in [6.07, 6.45) is 2.30. The average Bonchev–Trinajstić information content (AvgIpc) is 3.15. The van der Waals surface area contributed by atoms with Gasteiger partial charge in [-0.3, -0.25) is 14.7 Å². The van der Waals surface area contributed by atoms with E-state index < -0.39 is 0 Å². The quantitative estimate of drug-likeness (QED) is 0.426. The van der Waals surface area contributed by atoms with E-state index in [0.717, 1.165) is 64.6 Å². The van der Waals surface area contributed by atoms with Gasteiger partial charge in [0.25, 0.3) is 0 Å². The number of likely N-dealkylation sites (tertiary alicyclic amines) is 1. The van der Waals surface area contributed by atoms with Gasteiger partial charge in [0.05, 0.1) is 19.2 Å². The van der Waals surface area contributed by atoms with Crippen LogP contribution in [0.1, 0.15) is 26.7 Å². The molecule has 7 heteroatoms. The summed E-state index contributed by atoms with van der Waals surface area (Å²) in [4.78, 5) is 23.8. The summed E-state index contributed by atoms with van der Waals surface area (Å²) >= 11 is 0. The van der Waals surface area contributed by atoms with Gasteiger partial charge in [0.1, 0.15) is 0 Å². The van der Waals surface area contributed by atoms with E-state index in [-0.39, 0.29) is 6.04 Å². The number of carbonyl (C=O) groups is 1. The van der Waals surface area contributed by atoms with Crippen LogP contribution >= 0.6 is 0 Å². The second kappa shape index (κ2) is 9.84. The highest BCUT2D eigenvalue weighted by molar-refractivity contribution is 5.82. The molecule has 0 aliphatic carbocycles. The summed E-state index contributed by atoms with van der Waals surface area (Å²) in [5.41, 5.74) is 0. The van der Waals surface area contributed by atoms with Gasteiger partial charge in [0, 0.05) is 52.9 Å². The summed E-state index contributed by atoms with van der Waals surface area (Å²) in [7, 11) is 1.69. The molecule has 0 aromatic heterocycles. The molecular formula is C17H33N5O2. The molecule has 1 unspecified atom stereocenters. The van der Waals surface area contributed by atoms with Gasteiger partial charge in [0.2, 0.25) is 5.91 Å². The fraction of sp³-hybridized carbons (Fsp3) is 0.882. The Bertz CT molecular complexity index is 415. The number of aliphatic imine (C=N–C) groups is 1. The lowest BCUT2D eigenvalue weighted by Gasteiger charge is -2.39. The van der Waals surface area contributed by atoms with Crippen LogP contribution < -0.4 is 5.32 Å². The molecule has 2 aliphatic rings. The molecule has 1 N–H and O–H groups in total. The lowest BCUT2D eigenvalue weighted by atomic mass is 10.2. The zero-order valence-electron chi connectivity index (χ0n) is 15.5. The van der Waals surface area contributed by atoms with Gasteiger partial charge in [-0.15, -0.1) is 0 Å². The first-order valence-electron chi connectivity index (χ1n) is 9.22. The van der Waals surface area contributed by atoms with Crippen molar-refractivity contribution in [2.45, 2.75) is 32.7 Å². The highest BCUT2D eigenvalue weighted by Gasteiger charge is 2.30. The first-order chi connectivity index (χ1) is 11.7. The van der Waals surface area contributed by atoms with Crippen LogP contribution in [0.15, 0.2) is 4.99 Å². The number of rotatable bonds is 6. The number of hydrogen-bond donors (Lipinski definition) is 1. The Morgan fingerprint density at radius 1 is 1.12 bits per heavy atom. The fourth-order valence-electron chi connectivity index (χ4n) is 3.35. The van der Waals surface area contributed by atoms with E-state index in [1.165, 1.54) is 0 Å². The maximum absolute atomic E-state index is 12.6. The van der Waals surface area contributed by atoms with Crippen molar-refractivity contribution in [2.24, 2.45) is 4.99 Å². The summed E-state index contributed by atoms with van der Waals surface area (Å²) in [6, 6.07) is -0.0155. The van der Waals surface area contributed by atoms with Gasteiger partial charge >= 0.3 is 0 Å². The zero-order valence-corrected chi connectivity index (χ0v) is 15.5. The van der Waals surface area contributed by atoms with Crippen LogP contribution in [0.5, 0.6) is 0 Å². The standard InChI is InChI=1S/C17H33N5O2/c1-4-18-17(19-7-14-24-3)22-12-10-20(11-13-22)15(2)16(23)21-8-5-6-9-21/h15H,4-14H2,1-3H3,(H,18,19). The highest BCUT2D eigenvalue weighted by atomic mass is 16.5. The molecule has 0 bridgehead atoms. The zero-order chi connectivity index (χ0) is 17.4. The predicted molar refractivity (Wildman–Crippen MR) is 96.3 cm³/mol. The maximum atomic E-state index is 12.6. The van der Waals surface area contributed by atoms with E-state index in [9.17, 15) is 4.79 Å². The van der Waals surface area contributed by atoms with Gasteiger partial charge in [-0.2, -0.15) is 0 Å². The highest BCUT2D eigenvalue weighted by Crippen LogP contribution is 2.14. The van der Waals surface area contributed by atoms with Gasteiger partial charge in [-0.05, 0) is 26.7 Å². The Labute approximate surface area is 146 Å². The summed E-state index contributed by atoms with van der Waals surface area (Å²) in [6.45, 7) is 11.7. The molecule has 1 atom stereocenters. The van der Waals surface area contributed by atoms with E-state index in [1.54, 1.807) is 7.11 Å². The van der Waals surface area contributed by atoms with Crippen LogP contribution in [0.2, 0.25) is 0 Å². The maximum Gasteiger partial charge on any atom is 0.239 e. The molecule has 2 aliphatic heterocycles. The molecule has 1 amide bonds. The Morgan fingerprint density at radius 2 is 1.79 bits per heavy atom. The molecular weight excluding hydrogens is 306 g/mol. The average molecular weight is 339 g/mol. The summed E-state index contributed by atoms with van der Waals surface area (Å²) < 4.78 is 5.08. The molecule has 24 heavy (non-hydrogen) atoms. The number of hydrogen-bond acceptors (Lipinski definition) is 4. The number of guanidine groups is 1. The minimum atomic E-state index is -0.0155. The third-order valence-electron chi connectivity index (χ3n) is 4.83. The van der Waals surface area contributed by atoms with Gasteiger partial charge in [-0.25, -0.2) is 0 Å². The van der Waals surface area contributed by atoms with Crippen molar-refractivity contribution in [1.82, 2.24) is 20.0 Å². The monoisotopic (exact) mass is 339 g/mol. The minimum Gasteiger partial charge on any atom is -0.383 e. The van der Waals surface area contributed by atoms with Crippen LogP contribution in [0.25, 0.3) is 0 Å². The van der Waals surface area contributed by atoms with Crippen LogP contribution in [0.4, 0.5) is 0 Å². The number of ether oxygens (including phenoxy) is 1. The van der Waals surface area contributed by atoms with E-state index >= 15 is 0 Å². The lowest BCUT2D eigenvalue weighted by molar-refractivity contribution is -0.135. The van der Waals surface area contributed by atoms with E-state index in [1.807, 2.05) is 11.8 Å². The molecule has 0 spiro atoms. The lowest BCUT2D eigenvalue weighted by Crippen LogP contribution is -2.57. The van der Waals surface area contributed by atoms with E-state index in [2.05, 4.69) is 27.0 Å². The second-order valence-corrected chi connectivity index (χ2v) is 6.46. The molecule has 0 saturated carbocycles. The molecule has 2 heterocycles. The van der Waals surface area contributed by atoms with Crippen molar-refractivity contribution >= 4 is 11.9 Å². The van der Waals surface area contributed by atoms with E-state index in [4.69, 9.17) is 4.74 Å². The van der Waals surface area contributed by atoms with E-state index in [0.29, 0.717) is 19.1 Å². The van der Waals surface area contributed by atoms with Crippen molar-refractivity contribution in [2.75, 3.05) is 66.1 Å². The molecule has 0 aromatic rings. The van der Waals surface area contributed by atoms with Crippen LogP contribution in [-0.4, -0.2) is 98.7 Å². The van der Waals surface area contributed by atoms with Crippen LogP contribution in [0, 0.1) is 0 Å². The third kappa shape index (κ3) is 5.08. The Balaban J connectivity index is 1.84. The van der Waals surface area contributed by atoms with Crippen molar-refractivity contribution < 1.29 is 9.53 Å². The smallest absolute Gasteiger partial charge is 0.239 e. The van der Waals surface area contributed by atoms with Crippen molar-refractivity contribution in [3.05, 3.63) is 0 Å². The molecule has 2 rings (SSSR count). The molecule has 2 saturated heterocycles. The van der Waals surface area contributed by atoms with Gasteiger partial charge in [0.15, 0.2) is 5.96 Å². The number of methoxy groups -OCH3 is 1. The number of amides is 1. The van der Waals surface area contributed by atoms with Crippen LogP contribution in [-0.2, 0) is 9.53 Å². The Kier molecular flexibility index (Phi) is 7.78. The third-order valence-corrected chi connectivity index (χ3v) is 4.83. The number of nitrogens with zero attached hydrogens (tertiary/aromatic N) is 4. The number of piperazine rings is 1. The second-order valence-electron chi connectivity index (χ2n) is 6.46. The Morgan fingerprint density at radius 3 is 2.38 bits per heavy atom. The van der Waals surface area contributed by atoms with Gasteiger partial charge in [-0.1, -0.05) is 0 Å². The SMILES string of the molecule is CCNC(=NCCOC)N1CCN(C(C)C(=O)N2CCCC2)CC1. The van der Waals surface area contributed by atoms with Crippen molar-refractivity contribution in [1.29, 1.82) is 0 Å². The molecule has 0 radical (unpaired) electrons. The molecule has 0 aromatic carbocycles. The Hall–Kier alpha value is -1.34. The number of nitrogens with one attached hydrogen (secondary N) is 1. The molecule has 2 fully saturated rings. The summed E-state index contributed by atoms with van der Waals surface area (Å²) in [5.74, 6) is 1.24. The predicted octanol–water partition coefficient (Wildman–Crippen LogP) is 0.227. The van der Waals surface area contributed by atoms with Crippen LogP contribution in [0.3, 0.4) is 0 Å². The van der Waals surface area contributed by atoms with Crippen molar-refractivity contribution in [3.8, 4) is 0 Å². The topological polar surface area (TPSA) is 60.4 Å². The summed E-state index contributed by atoms with van der Waals surface area (Å²) in [5, 5.41) is 3.35. The van der Waals surface area contributed by atoms with Crippen molar-refractivity contribution in [3.63, 3.8) is 0 Å². The first-order valence-corrected chi connectivity index (χ1v) is 9.22. The largest absolute Gasteiger partial charge is 0.383 e. The minimum absolute atomic E-state index is 0.0155. The fourth-order valence-corrected chi connectivity index (χ4v) is 3.35. The first kappa shape index (κ1) is 19.0. The molecule has 138 valence electrons. The number of carbonyl (C=O) groups excluding carboxylic acids is 1. The van der Waals surface area contributed by atoms with Gasteiger partial charge < -0.3 is 19.9 Å². The normalized spacial score (nSPS) is 21.2. The molecule has 7 nitrogen and oxygen atoms in total.